The highest BCUT2D eigenvalue weighted by molar-refractivity contribution is 5.76. The van der Waals surface area contributed by atoms with Gasteiger partial charge in [0.1, 0.15) is 0 Å². The Balaban J connectivity index is 2.53. The fourth-order valence-electron chi connectivity index (χ4n) is 2.51. The van der Waals surface area contributed by atoms with E-state index in [-0.39, 0.29) is 18.5 Å². The maximum absolute atomic E-state index is 12.2. The molecule has 1 aliphatic rings. The molecule has 1 fully saturated rings. The molecule has 1 atom stereocenters. The van der Waals surface area contributed by atoms with E-state index in [9.17, 15) is 9.59 Å². The second-order valence-electron chi connectivity index (χ2n) is 5.79. The molecule has 0 radical (unpaired) electrons. The van der Waals surface area contributed by atoms with Crippen LogP contribution in [0.25, 0.3) is 0 Å². The Kier molecular flexibility index (Phi) is 6.26. The third kappa shape index (κ3) is 5.36. The van der Waals surface area contributed by atoms with Crippen LogP contribution in [0.2, 0.25) is 0 Å². The number of aliphatic carboxylic acids is 1. The molecule has 20 heavy (non-hydrogen) atoms. The molecule has 6 heteroatoms. The molecule has 0 aliphatic carbocycles. The van der Waals surface area contributed by atoms with Crippen molar-refractivity contribution >= 4 is 12.0 Å². The number of ether oxygens (including phenoxy) is 1. The normalized spacial score (nSPS) is 19.8. The maximum Gasteiger partial charge on any atom is 0.317 e. The number of hydrogen-bond donors (Lipinski definition) is 2. The molecule has 0 aromatic heterocycles. The summed E-state index contributed by atoms with van der Waals surface area (Å²) in [6, 6.07) is -0.389. The first-order chi connectivity index (χ1) is 9.35. The summed E-state index contributed by atoms with van der Waals surface area (Å²) in [5.74, 6) is -0.857. The average molecular weight is 286 g/mol. The van der Waals surface area contributed by atoms with Crippen LogP contribution in [-0.4, -0.2) is 53.3 Å². The Morgan fingerprint density at radius 2 is 2.10 bits per heavy atom. The summed E-state index contributed by atoms with van der Waals surface area (Å²) in [4.78, 5) is 24.7. The molecule has 1 unspecified atom stereocenters. The first-order valence-corrected chi connectivity index (χ1v) is 7.26. The molecule has 2 N–H and O–H groups in total. The summed E-state index contributed by atoms with van der Waals surface area (Å²) in [7, 11) is 0. The number of carbonyl (C=O) groups excluding carboxylic acids is 1. The molecule has 116 valence electrons. The Labute approximate surface area is 120 Å². The molecule has 2 amide bonds. The van der Waals surface area contributed by atoms with E-state index >= 15 is 0 Å². The van der Waals surface area contributed by atoms with E-state index in [1.807, 2.05) is 20.8 Å². The van der Waals surface area contributed by atoms with E-state index in [0.29, 0.717) is 19.7 Å². The van der Waals surface area contributed by atoms with Gasteiger partial charge in [0.2, 0.25) is 0 Å². The lowest BCUT2D eigenvalue weighted by Crippen LogP contribution is -2.52. The van der Waals surface area contributed by atoms with Crippen molar-refractivity contribution in [1.82, 2.24) is 10.2 Å². The SMILES string of the molecule is CCOC(C)(C)CNC(=O)N1CCCCC1CC(=O)O. The molecule has 0 bridgehead atoms. The minimum absolute atomic E-state index is 0.0161. The Bertz CT molecular complexity index is 344. The van der Waals surface area contributed by atoms with Crippen LogP contribution >= 0.6 is 0 Å². The summed E-state index contributed by atoms with van der Waals surface area (Å²) in [6.45, 7) is 7.38. The van der Waals surface area contributed by atoms with Gasteiger partial charge >= 0.3 is 12.0 Å². The molecular formula is C14H26N2O4. The van der Waals surface area contributed by atoms with Crippen LogP contribution in [0, 0.1) is 0 Å². The van der Waals surface area contributed by atoms with Gasteiger partial charge in [0.25, 0.3) is 0 Å². The van der Waals surface area contributed by atoms with Crippen molar-refractivity contribution in [2.24, 2.45) is 0 Å². The summed E-state index contributed by atoms with van der Waals surface area (Å²) in [5, 5.41) is 11.8. The summed E-state index contributed by atoms with van der Waals surface area (Å²) >= 11 is 0. The number of urea groups is 1. The van der Waals surface area contributed by atoms with Crippen LogP contribution in [0.15, 0.2) is 0 Å². The minimum atomic E-state index is -0.857. The molecule has 0 aromatic rings. The van der Waals surface area contributed by atoms with Gasteiger partial charge in [-0.1, -0.05) is 0 Å². The van der Waals surface area contributed by atoms with Crippen LogP contribution < -0.4 is 5.32 Å². The molecule has 0 aromatic carbocycles. The van der Waals surface area contributed by atoms with Gasteiger partial charge in [-0.3, -0.25) is 4.79 Å². The minimum Gasteiger partial charge on any atom is -0.481 e. The number of carbonyl (C=O) groups is 2. The third-order valence-electron chi connectivity index (χ3n) is 3.50. The highest BCUT2D eigenvalue weighted by Crippen LogP contribution is 2.20. The highest BCUT2D eigenvalue weighted by Gasteiger charge is 2.29. The Morgan fingerprint density at radius 1 is 1.40 bits per heavy atom. The summed E-state index contributed by atoms with van der Waals surface area (Å²) in [5.41, 5.74) is -0.414. The number of amides is 2. The van der Waals surface area contributed by atoms with Crippen molar-refractivity contribution in [2.75, 3.05) is 19.7 Å². The van der Waals surface area contributed by atoms with Crippen molar-refractivity contribution in [3.63, 3.8) is 0 Å². The molecule has 1 saturated heterocycles. The van der Waals surface area contributed by atoms with Crippen LogP contribution in [0.3, 0.4) is 0 Å². The van der Waals surface area contributed by atoms with Crippen LogP contribution in [-0.2, 0) is 9.53 Å². The predicted octanol–water partition coefficient (Wildman–Crippen LogP) is 1.84. The number of nitrogens with zero attached hydrogens (tertiary/aromatic N) is 1. The number of carboxylic acids is 1. The monoisotopic (exact) mass is 286 g/mol. The maximum atomic E-state index is 12.2. The van der Waals surface area contributed by atoms with Gasteiger partial charge in [0.15, 0.2) is 0 Å². The quantitative estimate of drug-likeness (QED) is 0.781. The Hall–Kier alpha value is -1.30. The molecule has 6 nitrogen and oxygen atoms in total. The zero-order valence-corrected chi connectivity index (χ0v) is 12.6. The highest BCUT2D eigenvalue weighted by atomic mass is 16.5. The topological polar surface area (TPSA) is 78.9 Å². The number of hydrogen-bond acceptors (Lipinski definition) is 3. The first-order valence-electron chi connectivity index (χ1n) is 7.26. The zero-order valence-electron chi connectivity index (χ0n) is 12.6. The van der Waals surface area contributed by atoms with Crippen molar-refractivity contribution in [2.45, 2.75) is 58.1 Å². The predicted molar refractivity (Wildman–Crippen MR) is 75.7 cm³/mol. The second-order valence-corrected chi connectivity index (χ2v) is 5.79. The zero-order chi connectivity index (χ0) is 15.2. The van der Waals surface area contributed by atoms with Crippen molar-refractivity contribution < 1.29 is 19.4 Å². The van der Waals surface area contributed by atoms with Gasteiger partial charge in [-0.15, -0.1) is 0 Å². The van der Waals surface area contributed by atoms with Gasteiger partial charge in [-0.05, 0) is 40.0 Å². The fourth-order valence-corrected chi connectivity index (χ4v) is 2.51. The van der Waals surface area contributed by atoms with E-state index in [2.05, 4.69) is 5.32 Å². The lowest BCUT2D eigenvalue weighted by Gasteiger charge is -2.36. The average Bonchev–Trinajstić information content (AvgIpc) is 2.36. The lowest BCUT2D eigenvalue weighted by molar-refractivity contribution is -0.138. The summed E-state index contributed by atoms with van der Waals surface area (Å²) in [6.07, 6.45) is 2.68. The first kappa shape index (κ1) is 16.8. The van der Waals surface area contributed by atoms with Crippen LogP contribution in [0.5, 0.6) is 0 Å². The number of nitrogens with one attached hydrogen (secondary N) is 1. The molecule has 0 saturated carbocycles. The fraction of sp³-hybridized carbons (Fsp3) is 0.857. The smallest absolute Gasteiger partial charge is 0.317 e. The van der Waals surface area contributed by atoms with Crippen molar-refractivity contribution in [3.05, 3.63) is 0 Å². The van der Waals surface area contributed by atoms with E-state index in [1.54, 1.807) is 4.90 Å². The van der Waals surface area contributed by atoms with E-state index in [0.717, 1.165) is 19.3 Å². The van der Waals surface area contributed by atoms with Gasteiger partial charge < -0.3 is 20.1 Å². The molecule has 1 aliphatic heterocycles. The van der Waals surface area contributed by atoms with E-state index < -0.39 is 11.6 Å². The second kappa shape index (κ2) is 7.47. The number of piperidine rings is 1. The van der Waals surface area contributed by atoms with Crippen LogP contribution in [0.1, 0.15) is 46.5 Å². The van der Waals surface area contributed by atoms with E-state index in [4.69, 9.17) is 9.84 Å². The van der Waals surface area contributed by atoms with Gasteiger partial charge in [0.05, 0.1) is 12.0 Å². The molecule has 0 spiro atoms. The standard InChI is InChI=1S/C14H26N2O4/c1-4-20-14(2,3)10-15-13(19)16-8-6-5-7-11(16)9-12(17)18/h11H,4-10H2,1-3H3,(H,15,19)(H,17,18). The third-order valence-corrected chi connectivity index (χ3v) is 3.50. The Morgan fingerprint density at radius 3 is 2.70 bits per heavy atom. The molecule has 1 heterocycles. The number of likely N-dealkylation sites (tertiary alicyclic amines) is 1. The van der Waals surface area contributed by atoms with Gasteiger partial charge in [0, 0.05) is 25.7 Å². The van der Waals surface area contributed by atoms with E-state index in [1.165, 1.54) is 0 Å². The van der Waals surface area contributed by atoms with Crippen LogP contribution in [0.4, 0.5) is 4.79 Å². The van der Waals surface area contributed by atoms with Crippen molar-refractivity contribution in [3.8, 4) is 0 Å². The van der Waals surface area contributed by atoms with Gasteiger partial charge in [-0.2, -0.15) is 0 Å². The summed E-state index contributed by atoms with van der Waals surface area (Å²) < 4.78 is 5.53. The number of carboxylic acid groups (broad SMARTS) is 1. The van der Waals surface area contributed by atoms with Gasteiger partial charge in [-0.25, -0.2) is 4.79 Å². The molecular weight excluding hydrogens is 260 g/mol. The lowest BCUT2D eigenvalue weighted by atomic mass is 10.00. The number of rotatable bonds is 6. The largest absolute Gasteiger partial charge is 0.481 e. The molecule has 1 rings (SSSR count). The van der Waals surface area contributed by atoms with Crippen molar-refractivity contribution in [1.29, 1.82) is 0 Å².